The van der Waals surface area contributed by atoms with E-state index in [0.29, 0.717) is 12.4 Å². The highest BCUT2D eigenvalue weighted by atomic mass is 16.5. The minimum Gasteiger partial charge on any atom is -0.384 e. The van der Waals surface area contributed by atoms with Gasteiger partial charge in [-0.05, 0) is 26.0 Å². The summed E-state index contributed by atoms with van der Waals surface area (Å²) in [5, 5.41) is 0. The van der Waals surface area contributed by atoms with Crippen molar-refractivity contribution in [3.05, 3.63) is 30.9 Å². The second kappa shape index (κ2) is 5.64. The van der Waals surface area contributed by atoms with Crippen LogP contribution in [0.15, 0.2) is 30.9 Å². The second-order valence-electron chi connectivity index (χ2n) is 4.17. The third-order valence-electron chi connectivity index (χ3n) is 2.70. The lowest BCUT2D eigenvalue weighted by Gasteiger charge is -2.14. The van der Waals surface area contributed by atoms with Crippen LogP contribution in [-0.4, -0.2) is 27.2 Å². The van der Waals surface area contributed by atoms with Gasteiger partial charge in [0.25, 0.3) is 0 Å². The van der Waals surface area contributed by atoms with E-state index in [4.69, 9.17) is 10.5 Å². The maximum absolute atomic E-state index is 5.58. The van der Waals surface area contributed by atoms with Crippen LogP contribution < -0.4 is 5.73 Å². The van der Waals surface area contributed by atoms with E-state index in [1.165, 1.54) is 0 Å². The van der Waals surface area contributed by atoms with Gasteiger partial charge in [0.1, 0.15) is 5.82 Å². The molecule has 0 saturated heterocycles. The van der Waals surface area contributed by atoms with Crippen molar-refractivity contribution in [3.63, 3.8) is 0 Å². The number of aromatic nitrogens is 3. The maximum atomic E-state index is 5.58. The number of ether oxygens (including phenoxy) is 1. The zero-order valence-corrected chi connectivity index (χ0v) is 10.7. The van der Waals surface area contributed by atoms with E-state index in [0.717, 1.165) is 17.8 Å². The molecule has 0 aliphatic heterocycles. The maximum Gasteiger partial charge on any atom is 0.123 e. The molecule has 18 heavy (non-hydrogen) atoms. The summed E-state index contributed by atoms with van der Waals surface area (Å²) in [6.45, 7) is 5.53. The number of nitrogen functional groups attached to an aromatic ring is 1. The Morgan fingerprint density at radius 3 is 2.89 bits per heavy atom. The number of anilines is 1. The summed E-state index contributed by atoms with van der Waals surface area (Å²) < 4.78 is 7.60. The van der Waals surface area contributed by atoms with Gasteiger partial charge in [0.05, 0.1) is 30.9 Å². The fourth-order valence-corrected chi connectivity index (χ4v) is 1.88. The largest absolute Gasteiger partial charge is 0.384 e. The Bertz CT molecular complexity index is 492. The summed E-state index contributed by atoms with van der Waals surface area (Å²) in [5.41, 5.74) is 7.61. The number of nitrogens with zero attached hydrogens (tertiary/aromatic N) is 3. The third kappa shape index (κ3) is 2.87. The predicted molar refractivity (Wildman–Crippen MR) is 71.0 cm³/mol. The Morgan fingerprint density at radius 1 is 1.39 bits per heavy atom. The third-order valence-corrected chi connectivity index (χ3v) is 2.70. The second-order valence-corrected chi connectivity index (χ2v) is 4.17. The Kier molecular flexibility index (Phi) is 3.94. The van der Waals surface area contributed by atoms with Crippen LogP contribution in [0.1, 0.15) is 13.8 Å². The van der Waals surface area contributed by atoms with Crippen LogP contribution in [-0.2, 0) is 11.3 Å². The smallest absolute Gasteiger partial charge is 0.123 e. The number of nitrogens with two attached hydrogens (primary N) is 1. The van der Waals surface area contributed by atoms with E-state index in [9.17, 15) is 0 Å². The summed E-state index contributed by atoms with van der Waals surface area (Å²) in [4.78, 5) is 8.28. The molecule has 0 saturated carbocycles. The zero-order chi connectivity index (χ0) is 13.0. The highest BCUT2D eigenvalue weighted by Crippen LogP contribution is 2.19. The van der Waals surface area contributed by atoms with Crippen LogP contribution in [0.4, 0.5) is 5.82 Å². The van der Waals surface area contributed by atoms with E-state index >= 15 is 0 Å². The quantitative estimate of drug-likeness (QED) is 0.875. The number of pyridine rings is 1. The molecule has 2 aromatic rings. The normalized spacial score (nSPS) is 12.6. The Balaban J connectivity index is 2.19. The molecule has 0 bridgehead atoms. The van der Waals surface area contributed by atoms with Gasteiger partial charge in [-0.15, -0.1) is 0 Å². The molecule has 2 N–H and O–H groups in total. The molecule has 2 heterocycles. The van der Waals surface area contributed by atoms with Gasteiger partial charge in [-0.3, -0.25) is 0 Å². The molecular formula is C13H18N4O. The topological polar surface area (TPSA) is 66.0 Å². The van der Waals surface area contributed by atoms with Gasteiger partial charge in [0, 0.05) is 18.4 Å². The summed E-state index contributed by atoms with van der Waals surface area (Å²) in [5.74, 6) is 0.521. The van der Waals surface area contributed by atoms with Crippen LogP contribution in [0.2, 0.25) is 0 Å². The zero-order valence-electron chi connectivity index (χ0n) is 10.7. The lowest BCUT2D eigenvalue weighted by Crippen LogP contribution is -2.16. The van der Waals surface area contributed by atoms with Crippen molar-refractivity contribution >= 4 is 5.82 Å². The minimum absolute atomic E-state index is 0.157. The molecule has 5 nitrogen and oxygen atoms in total. The number of hydrogen-bond donors (Lipinski definition) is 1. The average Bonchev–Trinajstić information content (AvgIpc) is 2.78. The van der Waals surface area contributed by atoms with E-state index < -0.39 is 0 Å². The van der Waals surface area contributed by atoms with Gasteiger partial charge in [-0.2, -0.15) is 0 Å². The monoisotopic (exact) mass is 246 g/mol. The number of rotatable bonds is 5. The van der Waals surface area contributed by atoms with Crippen molar-refractivity contribution in [1.82, 2.24) is 14.5 Å². The van der Waals surface area contributed by atoms with E-state index in [1.54, 1.807) is 18.6 Å². The Hall–Kier alpha value is -1.88. The standard InChI is InChI=1S/C13H18N4O/c1-3-18-10(2)8-17-9-15-7-12(17)11-4-5-13(14)16-6-11/h4-7,9-10H,3,8H2,1-2H3,(H2,14,16). The molecule has 0 spiro atoms. The fourth-order valence-electron chi connectivity index (χ4n) is 1.88. The lowest BCUT2D eigenvalue weighted by molar-refractivity contribution is 0.0643. The summed E-state index contributed by atoms with van der Waals surface area (Å²) >= 11 is 0. The molecule has 1 unspecified atom stereocenters. The first-order valence-corrected chi connectivity index (χ1v) is 6.04. The first kappa shape index (κ1) is 12.6. The number of imidazole rings is 1. The first-order valence-electron chi connectivity index (χ1n) is 6.04. The molecule has 1 atom stereocenters. The van der Waals surface area contributed by atoms with E-state index in [2.05, 4.69) is 21.5 Å². The van der Waals surface area contributed by atoms with Gasteiger partial charge < -0.3 is 15.0 Å². The first-order chi connectivity index (χ1) is 8.70. The van der Waals surface area contributed by atoms with Crippen molar-refractivity contribution in [2.45, 2.75) is 26.5 Å². The van der Waals surface area contributed by atoms with Crippen LogP contribution in [0.25, 0.3) is 11.3 Å². The van der Waals surface area contributed by atoms with Crippen molar-refractivity contribution in [1.29, 1.82) is 0 Å². The molecule has 0 radical (unpaired) electrons. The Morgan fingerprint density at radius 2 is 2.22 bits per heavy atom. The molecular weight excluding hydrogens is 228 g/mol. The van der Waals surface area contributed by atoms with Crippen LogP contribution in [0, 0.1) is 0 Å². The molecule has 0 amide bonds. The molecule has 5 heteroatoms. The molecule has 2 rings (SSSR count). The van der Waals surface area contributed by atoms with Crippen molar-refractivity contribution in [2.24, 2.45) is 0 Å². The average molecular weight is 246 g/mol. The fraction of sp³-hybridized carbons (Fsp3) is 0.385. The summed E-state index contributed by atoms with van der Waals surface area (Å²) in [6.07, 6.45) is 5.55. The highest BCUT2D eigenvalue weighted by molar-refractivity contribution is 5.59. The molecule has 96 valence electrons. The minimum atomic E-state index is 0.157. The van der Waals surface area contributed by atoms with Crippen LogP contribution in [0.5, 0.6) is 0 Å². The highest BCUT2D eigenvalue weighted by Gasteiger charge is 2.09. The Labute approximate surface area is 107 Å². The van der Waals surface area contributed by atoms with Gasteiger partial charge in [0.15, 0.2) is 0 Å². The summed E-state index contributed by atoms with van der Waals surface area (Å²) in [6, 6.07) is 3.74. The van der Waals surface area contributed by atoms with E-state index in [1.807, 2.05) is 19.2 Å². The lowest BCUT2D eigenvalue weighted by atomic mass is 10.2. The van der Waals surface area contributed by atoms with Gasteiger partial charge >= 0.3 is 0 Å². The van der Waals surface area contributed by atoms with Crippen LogP contribution in [0.3, 0.4) is 0 Å². The van der Waals surface area contributed by atoms with Crippen molar-refractivity contribution < 1.29 is 4.74 Å². The van der Waals surface area contributed by atoms with E-state index in [-0.39, 0.29) is 6.10 Å². The molecule has 0 aliphatic rings. The van der Waals surface area contributed by atoms with Gasteiger partial charge in [0.2, 0.25) is 0 Å². The molecule has 0 aromatic carbocycles. The summed E-state index contributed by atoms with van der Waals surface area (Å²) in [7, 11) is 0. The van der Waals surface area contributed by atoms with Crippen LogP contribution >= 0.6 is 0 Å². The van der Waals surface area contributed by atoms with Crippen molar-refractivity contribution in [2.75, 3.05) is 12.3 Å². The SMILES string of the molecule is CCOC(C)Cn1cncc1-c1ccc(N)nc1. The number of hydrogen-bond acceptors (Lipinski definition) is 4. The van der Waals surface area contributed by atoms with Gasteiger partial charge in [-0.25, -0.2) is 9.97 Å². The molecule has 2 aromatic heterocycles. The molecule has 0 aliphatic carbocycles. The predicted octanol–water partition coefficient (Wildman–Crippen LogP) is 1.95. The van der Waals surface area contributed by atoms with Gasteiger partial charge in [-0.1, -0.05) is 0 Å². The molecule has 0 fully saturated rings. The van der Waals surface area contributed by atoms with Crippen molar-refractivity contribution in [3.8, 4) is 11.3 Å².